The van der Waals surface area contributed by atoms with E-state index in [2.05, 4.69) is 10.2 Å². The lowest BCUT2D eigenvalue weighted by Crippen LogP contribution is -2.39. The maximum absolute atomic E-state index is 12.8. The molecule has 9 heteroatoms. The van der Waals surface area contributed by atoms with Crippen LogP contribution in [0.1, 0.15) is 73.1 Å². The van der Waals surface area contributed by atoms with Crippen molar-refractivity contribution in [1.29, 1.82) is 0 Å². The van der Waals surface area contributed by atoms with Gasteiger partial charge >= 0.3 is 0 Å². The number of likely N-dealkylation sites (tertiary alicyclic amines) is 1. The van der Waals surface area contributed by atoms with Crippen LogP contribution in [0.3, 0.4) is 0 Å². The number of amides is 2. The topological polar surface area (TPSA) is 95.9 Å². The van der Waals surface area contributed by atoms with Crippen molar-refractivity contribution in [2.75, 3.05) is 31.6 Å². The van der Waals surface area contributed by atoms with E-state index >= 15 is 0 Å². The van der Waals surface area contributed by atoms with Crippen LogP contribution in [0.25, 0.3) is 0 Å². The van der Waals surface area contributed by atoms with Gasteiger partial charge in [0, 0.05) is 37.4 Å². The molecule has 3 fully saturated rings. The van der Waals surface area contributed by atoms with E-state index in [-0.39, 0.29) is 24.3 Å². The molecular weight excluding hydrogens is 440 g/mol. The second-order valence-corrected chi connectivity index (χ2v) is 10.5. The monoisotopic (exact) mass is 470 g/mol. The van der Waals surface area contributed by atoms with Gasteiger partial charge in [-0.25, -0.2) is 0 Å². The molecule has 1 unspecified atom stereocenters. The molecule has 1 N–H and O–H groups in total. The highest BCUT2D eigenvalue weighted by Crippen LogP contribution is 2.42. The van der Waals surface area contributed by atoms with Gasteiger partial charge in [-0.1, -0.05) is 23.5 Å². The number of carbonyl (C=O) groups excluding carboxylic acids is 2. The molecule has 1 saturated heterocycles. The van der Waals surface area contributed by atoms with Gasteiger partial charge in [0.25, 0.3) is 0 Å². The summed E-state index contributed by atoms with van der Waals surface area (Å²) >= 11 is 1.46. The van der Waals surface area contributed by atoms with Gasteiger partial charge in [-0.05, 0) is 50.2 Å². The zero-order chi connectivity index (χ0) is 23.1. The summed E-state index contributed by atoms with van der Waals surface area (Å²) in [7, 11) is 1.69. The Morgan fingerprint density at radius 3 is 2.76 bits per heavy atom. The van der Waals surface area contributed by atoms with E-state index in [1.165, 1.54) is 29.1 Å². The molecule has 8 nitrogen and oxygen atoms in total. The van der Waals surface area contributed by atoms with E-state index < -0.39 is 6.10 Å². The maximum Gasteiger partial charge on any atom is 0.248 e. The summed E-state index contributed by atoms with van der Waals surface area (Å²) in [5.74, 6) is 1.59. The van der Waals surface area contributed by atoms with Crippen LogP contribution in [0.4, 0.5) is 5.13 Å². The normalized spacial score (nSPS) is 21.4. The highest BCUT2D eigenvalue weighted by molar-refractivity contribution is 7.15. The third kappa shape index (κ3) is 5.04. The summed E-state index contributed by atoms with van der Waals surface area (Å²) < 4.78 is 6.01. The van der Waals surface area contributed by atoms with Crippen LogP contribution < -0.4 is 9.64 Å². The molecule has 2 aliphatic carbocycles. The largest absolute Gasteiger partial charge is 0.493 e. The number of aromatic nitrogens is 2. The number of hydrogen-bond acceptors (Lipinski definition) is 7. The molecule has 0 radical (unpaired) electrons. The van der Waals surface area contributed by atoms with Crippen molar-refractivity contribution in [3.8, 4) is 5.75 Å². The second kappa shape index (κ2) is 9.02. The fraction of sp³-hybridized carbons (Fsp3) is 0.583. The van der Waals surface area contributed by atoms with Crippen molar-refractivity contribution in [2.45, 2.75) is 57.0 Å². The van der Waals surface area contributed by atoms with Gasteiger partial charge in [0.05, 0.1) is 12.7 Å². The molecule has 3 aliphatic rings. The first-order valence-corrected chi connectivity index (χ1v) is 12.5. The molecule has 2 amide bonds. The fourth-order valence-corrected chi connectivity index (χ4v) is 5.14. The number of ether oxygens (including phenoxy) is 1. The lowest BCUT2D eigenvalue weighted by Gasteiger charge is -2.20. The van der Waals surface area contributed by atoms with Crippen LogP contribution in [0.5, 0.6) is 5.75 Å². The Morgan fingerprint density at radius 1 is 1.27 bits per heavy atom. The van der Waals surface area contributed by atoms with Crippen molar-refractivity contribution < 1.29 is 19.4 Å². The van der Waals surface area contributed by atoms with Gasteiger partial charge < -0.3 is 14.7 Å². The van der Waals surface area contributed by atoms with E-state index in [0.717, 1.165) is 29.0 Å². The van der Waals surface area contributed by atoms with E-state index in [4.69, 9.17) is 4.74 Å². The van der Waals surface area contributed by atoms with Crippen molar-refractivity contribution in [3.05, 3.63) is 34.3 Å². The van der Waals surface area contributed by atoms with Crippen molar-refractivity contribution >= 4 is 28.3 Å². The lowest BCUT2D eigenvalue weighted by atomic mass is 9.95. The molecule has 33 heavy (non-hydrogen) atoms. The minimum absolute atomic E-state index is 0.00933. The minimum atomic E-state index is -0.621. The number of anilines is 1. The van der Waals surface area contributed by atoms with Gasteiger partial charge in [0.2, 0.25) is 16.9 Å². The van der Waals surface area contributed by atoms with Gasteiger partial charge in [-0.2, -0.15) is 0 Å². The Morgan fingerprint density at radius 2 is 2.06 bits per heavy atom. The number of likely N-dealkylation sites (N-methyl/N-ethyl adjacent to an activating group) is 1. The number of aliphatic hydroxyl groups is 1. The average Bonchev–Trinajstić information content (AvgIpc) is 3.73. The predicted octanol–water partition coefficient (Wildman–Crippen LogP) is 3.24. The van der Waals surface area contributed by atoms with Crippen LogP contribution in [0, 0.1) is 5.92 Å². The van der Waals surface area contributed by atoms with Crippen molar-refractivity contribution in [3.63, 3.8) is 0 Å². The van der Waals surface area contributed by atoms with Crippen LogP contribution in [-0.4, -0.2) is 58.8 Å². The summed E-state index contributed by atoms with van der Waals surface area (Å²) in [6.07, 6.45) is 4.40. The van der Waals surface area contributed by atoms with E-state index in [9.17, 15) is 14.7 Å². The first-order chi connectivity index (χ1) is 15.9. The molecule has 5 rings (SSSR count). The van der Waals surface area contributed by atoms with Gasteiger partial charge in [0.15, 0.2) is 0 Å². The summed E-state index contributed by atoms with van der Waals surface area (Å²) in [6, 6.07) is 5.81. The van der Waals surface area contributed by atoms with Gasteiger partial charge in [0.1, 0.15) is 17.3 Å². The van der Waals surface area contributed by atoms with Crippen LogP contribution in [-0.2, 0) is 9.59 Å². The highest BCUT2D eigenvalue weighted by atomic mass is 32.1. The molecule has 2 aromatic rings. The quantitative estimate of drug-likeness (QED) is 0.605. The van der Waals surface area contributed by atoms with Crippen LogP contribution in [0.2, 0.25) is 0 Å². The third-order valence-corrected chi connectivity index (χ3v) is 7.85. The molecule has 2 heterocycles. The molecule has 2 saturated carbocycles. The number of benzene rings is 1. The molecule has 1 aromatic carbocycles. The smallest absolute Gasteiger partial charge is 0.248 e. The Hall–Kier alpha value is -2.52. The van der Waals surface area contributed by atoms with Crippen molar-refractivity contribution in [2.24, 2.45) is 5.92 Å². The zero-order valence-corrected chi connectivity index (χ0v) is 19.9. The minimum Gasteiger partial charge on any atom is -0.493 e. The van der Waals surface area contributed by atoms with E-state index in [1.54, 1.807) is 18.9 Å². The molecule has 0 spiro atoms. The average molecular weight is 471 g/mol. The SMILES string of the molecule is CC(O)c1ccc([C@@H]2CC(=O)N(CC(=O)N(C)c3nnc(C4CC4)s3)C2)cc1OCC1CC1. The molecule has 0 bridgehead atoms. The number of nitrogens with zero attached hydrogens (tertiary/aromatic N) is 4. The van der Waals surface area contributed by atoms with E-state index in [1.807, 2.05) is 18.2 Å². The molecule has 1 aromatic heterocycles. The molecule has 1 aliphatic heterocycles. The number of carbonyl (C=O) groups is 2. The highest BCUT2D eigenvalue weighted by Gasteiger charge is 2.34. The number of hydrogen-bond donors (Lipinski definition) is 1. The molecular formula is C24H30N4O4S. The van der Waals surface area contributed by atoms with E-state index in [0.29, 0.717) is 42.3 Å². The number of rotatable bonds is 9. The summed E-state index contributed by atoms with van der Waals surface area (Å²) in [4.78, 5) is 28.7. The Balaban J connectivity index is 1.23. The summed E-state index contributed by atoms with van der Waals surface area (Å²) in [6.45, 7) is 2.90. The van der Waals surface area contributed by atoms with Crippen molar-refractivity contribution in [1.82, 2.24) is 15.1 Å². The number of aliphatic hydroxyl groups excluding tert-OH is 1. The first-order valence-electron chi connectivity index (χ1n) is 11.7. The maximum atomic E-state index is 12.8. The molecule has 2 atom stereocenters. The second-order valence-electron chi connectivity index (χ2n) is 9.55. The summed E-state index contributed by atoms with van der Waals surface area (Å²) in [5.41, 5.74) is 1.76. The first kappa shape index (κ1) is 22.3. The third-order valence-electron chi connectivity index (χ3n) is 6.69. The van der Waals surface area contributed by atoms with Crippen LogP contribution in [0.15, 0.2) is 18.2 Å². The van der Waals surface area contributed by atoms with Gasteiger partial charge in [-0.15, -0.1) is 10.2 Å². The Labute approximate surface area is 197 Å². The fourth-order valence-electron chi connectivity index (χ4n) is 4.15. The lowest BCUT2D eigenvalue weighted by molar-refractivity contribution is -0.132. The predicted molar refractivity (Wildman–Crippen MR) is 125 cm³/mol. The standard InChI is InChI=1S/C24H30N4O4S/c1-14(29)19-8-7-17(9-20(19)32-13-15-3-4-15)18-10-21(30)28(11-18)12-22(31)27(2)24-26-25-23(33-24)16-5-6-16/h7-9,14-16,18,29H,3-6,10-13H2,1-2H3/t14?,18-/m1/s1. The zero-order valence-electron chi connectivity index (χ0n) is 19.1. The van der Waals surface area contributed by atoms with Crippen LogP contribution >= 0.6 is 11.3 Å². The molecule has 176 valence electrons. The van der Waals surface area contributed by atoms with Gasteiger partial charge in [-0.3, -0.25) is 14.5 Å². The Kier molecular flexibility index (Phi) is 6.09. The Bertz CT molecular complexity index is 1050. The summed E-state index contributed by atoms with van der Waals surface area (Å²) in [5, 5.41) is 20.0.